The maximum Gasteiger partial charge on any atom is 0.220 e. The van der Waals surface area contributed by atoms with Crippen molar-refractivity contribution in [3.05, 3.63) is 63.2 Å². The summed E-state index contributed by atoms with van der Waals surface area (Å²) in [6.07, 6.45) is 2.65. The fourth-order valence-corrected chi connectivity index (χ4v) is 5.22. The third-order valence-corrected chi connectivity index (χ3v) is 7.57. The molecule has 0 bridgehead atoms. The van der Waals surface area contributed by atoms with Crippen LogP contribution in [-0.2, 0) is 11.3 Å². The molecule has 12 heteroatoms. The molecule has 4 rings (SSSR count). The van der Waals surface area contributed by atoms with Crippen molar-refractivity contribution in [1.29, 1.82) is 0 Å². The first-order valence-corrected chi connectivity index (χ1v) is 13.8. The number of likely N-dealkylation sites (tertiary alicyclic amines) is 1. The summed E-state index contributed by atoms with van der Waals surface area (Å²) in [6.45, 7) is 2.90. The highest BCUT2D eigenvalue weighted by Gasteiger charge is 2.21. The Morgan fingerprint density at radius 2 is 1.97 bits per heavy atom. The molecule has 38 heavy (non-hydrogen) atoms. The first-order chi connectivity index (χ1) is 18.3. The van der Waals surface area contributed by atoms with Crippen LogP contribution in [0.3, 0.4) is 0 Å². The Balaban J connectivity index is 1.15. The number of piperidine rings is 1. The zero-order chi connectivity index (χ0) is 27.1. The summed E-state index contributed by atoms with van der Waals surface area (Å²) in [6, 6.07) is 10.4. The van der Waals surface area contributed by atoms with Gasteiger partial charge in [0, 0.05) is 49.1 Å². The number of hydrogen-bond donors (Lipinski definition) is 3. The summed E-state index contributed by atoms with van der Waals surface area (Å²) in [5.41, 5.74) is 12.6. The monoisotopic (exact) mass is 578 g/mol. The van der Waals surface area contributed by atoms with Gasteiger partial charge in [-0.15, -0.1) is 11.3 Å². The predicted molar refractivity (Wildman–Crippen MR) is 151 cm³/mol. The van der Waals surface area contributed by atoms with Crippen LogP contribution in [0.15, 0.2) is 46.8 Å². The number of nitrogens with two attached hydrogens (primary N) is 2. The zero-order valence-corrected chi connectivity index (χ0v) is 23.0. The molecule has 1 aromatic heterocycles. The van der Waals surface area contributed by atoms with Crippen LogP contribution in [0.1, 0.15) is 31.2 Å². The summed E-state index contributed by atoms with van der Waals surface area (Å²) in [5.74, 6) is -0.184. The van der Waals surface area contributed by atoms with Gasteiger partial charge in [0.1, 0.15) is 11.6 Å². The minimum Gasteiger partial charge on any atom is -0.493 e. The second kappa shape index (κ2) is 13.2. The van der Waals surface area contributed by atoms with Crippen molar-refractivity contribution in [2.24, 2.45) is 16.5 Å². The van der Waals surface area contributed by atoms with Crippen LogP contribution in [-0.4, -0.2) is 47.5 Å². The highest BCUT2D eigenvalue weighted by molar-refractivity contribution is 7.13. The predicted octanol–water partition coefficient (Wildman–Crippen LogP) is 5.10. The van der Waals surface area contributed by atoms with Gasteiger partial charge >= 0.3 is 0 Å². The van der Waals surface area contributed by atoms with Gasteiger partial charge < -0.3 is 21.5 Å². The molecule has 1 amide bonds. The number of nitrogens with zero attached hydrogens (tertiary/aromatic N) is 3. The van der Waals surface area contributed by atoms with Gasteiger partial charge in [-0.3, -0.25) is 9.69 Å². The summed E-state index contributed by atoms with van der Waals surface area (Å²) >= 11 is 13.3. The molecular formula is C26H29Cl2FN6O2S. The molecular weight excluding hydrogens is 550 g/mol. The number of nitrogens with one attached hydrogen (secondary N) is 1. The maximum atomic E-state index is 14.6. The number of aliphatic imine (C=N–C) groups is 1. The van der Waals surface area contributed by atoms with Gasteiger partial charge in [0.05, 0.1) is 22.3 Å². The average molecular weight is 580 g/mol. The molecule has 5 N–H and O–H groups in total. The van der Waals surface area contributed by atoms with E-state index in [4.69, 9.17) is 39.4 Å². The Hall–Kier alpha value is -2.92. The van der Waals surface area contributed by atoms with Crippen molar-refractivity contribution in [2.75, 3.05) is 19.7 Å². The molecule has 202 valence electrons. The van der Waals surface area contributed by atoms with Crippen molar-refractivity contribution >= 4 is 51.5 Å². The van der Waals surface area contributed by atoms with Crippen LogP contribution >= 0.6 is 34.5 Å². The largest absolute Gasteiger partial charge is 0.493 e. The lowest BCUT2D eigenvalue weighted by atomic mass is 10.0. The van der Waals surface area contributed by atoms with Crippen molar-refractivity contribution in [1.82, 2.24) is 15.2 Å². The van der Waals surface area contributed by atoms with Gasteiger partial charge in [-0.1, -0.05) is 29.3 Å². The van der Waals surface area contributed by atoms with E-state index < -0.39 is 5.82 Å². The molecule has 0 radical (unpaired) electrons. The van der Waals surface area contributed by atoms with Gasteiger partial charge in [0.25, 0.3) is 0 Å². The quantitative estimate of drug-likeness (QED) is 0.175. The molecule has 8 nitrogen and oxygen atoms in total. The third kappa shape index (κ3) is 8.04. The van der Waals surface area contributed by atoms with Crippen LogP contribution in [0, 0.1) is 5.82 Å². The van der Waals surface area contributed by atoms with E-state index in [1.165, 1.54) is 17.4 Å². The van der Waals surface area contributed by atoms with Crippen LogP contribution in [0.25, 0.3) is 11.3 Å². The minimum absolute atomic E-state index is 0.00169. The number of hydrogen-bond acceptors (Lipinski definition) is 6. The Kier molecular flexibility index (Phi) is 9.79. The Labute approximate surface area is 234 Å². The van der Waals surface area contributed by atoms with Gasteiger partial charge in [-0.05, 0) is 49.1 Å². The van der Waals surface area contributed by atoms with Crippen LogP contribution in [0.5, 0.6) is 5.75 Å². The van der Waals surface area contributed by atoms with Gasteiger partial charge in [0.2, 0.25) is 11.0 Å². The number of guanidine groups is 1. The van der Waals surface area contributed by atoms with Gasteiger partial charge in [0.15, 0.2) is 5.96 Å². The lowest BCUT2D eigenvalue weighted by Gasteiger charge is -2.32. The van der Waals surface area contributed by atoms with E-state index in [1.807, 2.05) is 18.2 Å². The van der Waals surface area contributed by atoms with E-state index in [-0.39, 0.29) is 17.9 Å². The molecule has 0 aliphatic carbocycles. The average Bonchev–Trinajstić information content (AvgIpc) is 3.33. The number of amides is 1. The van der Waals surface area contributed by atoms with Gasteiger partial charge in [-0.2, -0.15) is 4.99 Å². The Bertz CT molecular complexity index is 1290. The lowest BCUT2D eigenvalue weighted by Crippen LogP contribution is -2.44. The SMILES string of the molecule is NC(N)=Nc1nc(-c2ccc(OCCCC(=O)NC3CCN(Cc4ccc(Cl)c(Cl)c4)CC3)cc2F)cs1. The maximum absolute atomic E-state index is 14.6. The number of thiazole rings is 1. The van der Waals surface area contributed by atoms with Crippen LogP contribution in [0.2, 0.25) is 10.0 Å². The molecule has 1 fully saturated rings. The number of aromatic nitrogens is 1. The standard InChI is InChI=1S/C26H29Cl2FN6O2S/c27-20-6-3-16(12-21(20)28)14-35-9-7-17(8-10-35)32-24(36)2-1-11-37-18-4-5-19(22(29)13-18)23-15-38-26(33-23)34-25(30)31/h3-6,12-13,15,17H,1-2,7-11,14H2,(H,32,36)(H4,30,31,33,34). The molecule has 0 unspecified atom stereocenters. The van der Waals surface area contributed by atoms with E-state index >= 15 is 0 Å². The topological polar surface area (TPSA) is 119 Å². The van der Waals surface area contributed by atoms with E-state index in [9.17, 15) is 9.18 Å². The minimum atomic E-state index is -0.465. The number of benzene rings is 2. The van der Waals surface area contributed by atoms with Crippen molar-refractivity contribution in [2.45, 2.75) is 38.3 Å². The number of rotatable bonds is 10. The fraction of sp³-hybridized carbons (Fsp3) is 0.346. The molecule has 2 aromatic carbocycles. The van der Waals surface area contributed by atoms with Crippen molar-refractivity contribution in [3.63, 3.8) is 0 Å². The number of halogens is 3. The zero-order valence-electron chi connectivity index (χ0n) is 20.6. The molecule has 2 heterocycles. The van der Waals surface area contributed by atoms with Gasteiger partial charge in [-0.25, -0.2) is 9.37 Å². The molecule has 1 saturated heterocycles. The smallest absolute Gasteiger partial charge is 0.220 e. The molecule has 1 aliphatic heterocycles. The van der Waals surface area contributed by atoms with E-state index in [0.717, 1.165) is 38.0 Å². The molecule has 0 atom stereocenters. The Morgan fingerprint density at radius 3 is 2.68 bits per heavy atom. The van der Waals surface area contributed by atoms with E-state index in [1.54, 1.807) is 17.5 Å². The summed E-state index contributed by atoms with van der Waals surface area (Å²) in [4.78, 5) is 22.8. The number of carbonyl (C=O) groups is 1. The molecule has 0 spiro atoms. The van der Waals surface area contributed by atoms with Crippen LogP contribution < -0.4 is 21.5 Å². The first kappa shape index (κ1) is 28.1. The normalized spacial score (nSPS) is 14.3. The van der Waals surface area contributed by atoms with E-state index in [0.29, 0.717) is 51.6 Å². The van der Waals surface area contributed by atoms with Crippen molar-refractivity contribution < 1.29 is 13.9 Å². The lowest BCUT2D eigenvalue weighted by molar-refractivity contribution is -0.122. The van der Waals surface area contributed by atoms with Crippen LogP contribution in [0.4, 0.5) is 9.52 Å². The third-order valence-electron chi connectivity index (χ3n) is 6.09. The second-order valence-electron chi connectivity index (χ2n) is 9.01. The first-order valence-electron chi connectivity index (χ1n) is 12.2. The number of carbonyl (C=O) groups excluding carboxylic acids is 1. The summed E-state index contributed by atoms with van der Waals surface area (Å²) in [5, 5.41) is 6.27. The molecule has 0 saturated carbocycles. The molecule has 1 aliphatic rings. The van der Waals surface area contributed by atoms with E-state index in [2.05, 4.69) is 20.2 Å². The second-order valence-corrected chi connectivity index (χ2v) is 10.7. The summed E-state index contributed by atoms with van der Waals surface area (Å²) in [7, 11) is 0. The fourth-order valence-electron chi connectivity index (χ4n) is 4.20. The highest BCUT2D eigenvalue weighted by atomic mass is 35.5. The molecule has 3 aromatic rings. The Morgan fingerprint density at radius 1 is 1.18 bits per heavy atom. The summed E-state index contributed by atoms with van der Waals surface area (Å²) < 4.78 is 20.3. The number of ether oxygens (including phenoxy) is 1. The highest BCUT2D eigenvalue weighted by Crippen LogP contribution is 2.30. The van der Waals surface area contributed by atoms with Crippen molar-refractivity contribution in [3.8, 4) is 17.0 Å².